The van der Waals surface area contributed by atoms with E-state index in [9.17, 15) is 5.11 Å². The molecule has 0 amide bonds. The van der Waals surface area contributed by atoms with Gasteiger partial charge in [0.2, 0.25) is 0 Å². The molecule has 0 bridgehead atoms. The van der Waals surface area contributed by atoms with Crippen LogP contribution in [0, 0.1) is 11.3 Å². The monoisotopic (exact) mass is 255 g/mol. The molecule has 0 radical (unpaired) electrons. The second-order valence-electron chi connectivity index (χ2n) is 3.88. The lowest BCUT2D eigenvalue weighted by molar-refractivity contribution is 0.397. The van der Waals surface area contributed by atoms with Gasteiger partial charge in [0.25, 0.3) is 0 Å². The van der Waals surface area contributed by atoms with Gasteiger partial charge in [0.1, 0.15) is 23.3 Å². The first-order chi connectivity index (χ1) is 9.21. The van der Waals surface area contributed by atoms with Crippen molar-refractivity contribution >= 4 is 0 Å². The number of nitrogens with zero attached hydrogens (tertiary/aromatic N) is 1. The van der Waals surface area contributed by atoms with E-state index in [-0.39, 0.29) is 11.3 Å². The maximum atomic E-state index is 9.55. The highest BCUT2D eigenvalue weighted by atomic mass is 16.5. The van der Waals surface area contributed by atoms with Crippen LogP contribution in [0.15, 0.2) is 36.4 Å². The van der Waals surface area contributed by atoms with Crippen molar-refractivity contribution in [2.24, 2.45) is 0 Å². The zero-order valence-corrected chi connectivity index (χ0v) is 10.7. The van der Waals surface area contributed by atoms with Crippen LogP contribution in [0.5, 0.6) is 17.2 Å². The molecule has 19 heavy (non-hydrogen) atoms. The van der Waals surface area contributed by atoms with Crippen LogP contribution in [-0.4, -0.2) is 19.3 Å². The molecule has 96 valence electrons. The average Bonchev–Trinajstić information content (AvgIpc) is 2.47. The largest absolute Gasteiger partial charge is 0.507 e. The highest BCUT2D eigenvalue weighted by Gasteiger charge is 2.13. The summed E-state index contributed by atoms with van der Waals surface area (Å²) in [4.78, 5) is 0. The van der Waals surface area contributed by atoms with Gasteiger partial charge in [0, 0.05) is 0 Å². The van der Waals surface area contributed by atoms with Crippen LogP contribution in [-0.2, 0) is 0 Å². The molecule has 0 atom stereocenters. The Kier molecular flexibility index (Phi) is 3.58. The van der Waals surface area contributed by atoms with Crippen LogP contribution in [0.1, 0.15) is 5.56 Å². The second-order valence-corrected chi connectivity index (χ2v) is 3.88. The zero-order chi connectivity index (χ0) is 13.8. The zero-order valence-electron chi connectivity index (χ0n) is 10.7. The number of rotatable bonds is 3. The van der Waals surface area contributed by atoms with Gasteiger partial charge in [-0.05, 0) is 29.8 Å². The Balaban J connectivity index is 2.68. The number of hydrogen-bond acceptors (Lipinski definition) is 4. The molecule has 0 saturated heterocycles. The molecule has 2 rings (SSSR count). The van der Waals surface area contributed by atoms with Crippen LogP contribution >= 0.6 is 0 Å². The molecular formula is C15H13NO3. The minimum Gasteiger partial charge on any atom is -0.507 e. The van der Waals surface area contributed by atoms with Crippen molar-refractivity contribution in [2.45, 2.75) is 0 Å². The predicted molar refractivity (Wildman–Crippen MR) is 71.4 cm³/mol. The average molecular weight is 255 g/mol. The Bertz CT molecular complexity index is 622. The summed E-state index contributed by atoms with van der Waals surface area (Å²) in [6, 6.07) is 12.2. The first-order valence-corrected chi connectivity index (χ1v) is 5.65. The number of benzene rings is 2. The molecule has 0 aliphatic heterocycles. The molecule has 0 aromatic heterocycles. The third kappa shape index (κ3) is 2.31. The van der Waals surface area contributed by atoms with Crippen molar-refractivity contribution in [3.63, 3.8) is 0 Å². The predicted octanol–water partition coefficient (Wildman–Crippen LogP) is 2.95. The summed E-state index contributed by atoms with van der Waals surface area (Å²) in [5.74, 6) is 1.25. The van der Waals surface area contributed by atoms with Crippen LogP contribution < -0.4 is 9.47 Å². The second kappa shape index (κ2) is 5.32. The molecule has 1 N–H and O–H groups in total. The van der Waals surface area contributed by atoms with Gasteiger partial charge >= 0.3 is 0 Å². The van der Waals surface area contributed by atoms with Crippen LogP contribution in [0.4, 0.5) is 0 Å². The van der Waals surface area contributed by atoms with E-state index in [4.69, 9.17) is 14.7 Å². The minimum atomic E-state index is -0.0416. The normalized spacial score (nSPS) is 9.74. The van der Waals surface area contributed by atoms with E-state index < -0.39 is 0 Å². The van der Waals surface area contributed by atoms with E-state index in [0.717, 1.165) is 11.1 Å². The molecule has 0 aliphatic carbocycles. The molecule has 0 fully saturated rings. The van der Waals surface area contributed by atoms with Crippen LogP contribution in [0.25, 0.3) is 11.1 Å². The maximum Gasteiger partial charge on any atom is 0.133 e. The Morgan fingerprint density at radius 3 is 2.21 bits per heavy atom. The summed E-state index contributed by atoms with van der Waals surface area (Å²) in [5.41, 5.74) is 1.72. The quantitative estimate of drug-likeness (QED) is 0.915. The fourth-order valence-electron chi connectivity index (χ4n) is 1.92. The van der Waals surface area contributed by atoms with Gasteiger partial charge in [-0.15, -0.1) is 0 Å². The summed E-state index contributed by atoms with van der Waals surface area (Å²) in [7, 11) is 3.15. The van der Waals surface area contributed by atoms with Crippen molar-refractivity contribution in [1.29, 1.82) is 5.26 Å². The standard InChI is InChI=1S/C15H13NO3/c1-18-13-4-3-5-14(19-2)15(13)10-6-7-12(17)11(8-10)9-16/h3-8,17H,1-2H3. The van der Waals surface area contributed by atoms with Crippen LogP contribution in [0.3, 0.4) is 0 Å². The number of nitriles is 1. The smallest absolute Gasteiger partial charge is 0.133 e. The van der Waals surface area contributed by atoms with E-state index in [2.05, 4.69) is 0 Å². The molecular weight excluding hydrogens is 242 g/mol. The van der Waals surface area contributed by atoms with E-state index in [1.165, 1.54) is 6.07 Å². The topological polar surface area (TPSA) is 62.5 Å². The van der Waals surface area contributed by atoms with Crippen molar-refractivity contribution < 1.29 is 14.6 Å². The van der Waals surface area contributed by atoms with Crippen molar-refractivity contribution in [1.82, 2.24) is 0 Å². The number of phenols is 1. The summed E-state index contributed by atoms with van der Waals surface area (Å²) < 4.78 is 10.6. The van der Waals surface area contributed by atoms with Gasteiger partial charge in [-0.25, -0.2) is 0 Å². The molecule has 2 aromatic rings. The SMILES string of the molecule is COc1cccc(OC)c1-c1ccc(O)c(C#N)c1. The molecule has 4 nitrogen and oxygen atoms in total. The number of hydrogen-bond donors (Lipinski definition) is 1. The minimum absolute atomic E-state index is 0.0416. The molecule has 0 heterocycles. The van der Waals surface area contributed by atoms with E-state index in [0.29, 0.717) is 11.5 Å². The van der Waals surface area contributed by atoms with E-state index in [1.807, 2.05) is 24.3 Å². The van der Waals surface area contributed by atoms with E-state index >= 15 is 0 Å². The maximum absolute atomic E-state index is 9.55. The van der Waals surface area contributed by atoms with Gasteiger partial charge in [0.15, 0.2) is 0 Å². The first-order valence-electron chi connectivity index (χ1n) is 5.65. The molecule has 2 aromatic carbocycles. The highest BCUT2D eigenvalue weighted by molar-refractivity contribution is 5.78. The Morgan fingerprint density at radius 2 is 1.68 bits per heavy atom. The van der Waals surface area contributed by atoms with Crippen molar-refractivity contribution in [2.75, 3.05) is 14.2 Å². The van der Waals surface area contributed by atoms with E-state index in [1.54, 1.807) is 26.4 Å². The summed E-state index contributed by atoms with van der Waals surface area (Å²) in [5, 5.41) is 18.5. The Hall–Kier alpha value is -2.67. The van der Waals surface area contributed by atoms with Crippen LogP contribution in [0.2, 0.25) is 0 Å². The lowest BCUT2D eigenvalue weighted by Crippen LogP contribution is -1.93. The fourth-order valence-corrected chi connectivity index (χ4v) is 1.92. The van der Waals surface area contributed by atoms with Crippen molar-refractivity contribution in [3.05, 3.63) is 42.0 Å². The number of ether oxygens (including phenoxy) is 2. The summed E-state index contributed by atoms with van der Waals surface area (Å²) in [6.45, 7) is 0. The Labute approximate surface area is 111 Å². The van der Waals surface area contributed by atoms with Gasteiger partial charge < -0.3 is 14.6 Å². The van der Waals surface area contributed by atoms with Gasteiger partial charge in [-0.1, -0.05) is 12.1 Å². The number of methoxy groups -OCH3 is 2. The molecule has 0 unspecified atom stereocenters. The lowest BCUT2D eigenvalue weighted by Gasteiger charge is -2.13. The third-order valence-electron chi connectivity index (χ3n) is 2.83. The third-order valence-corrected chi connectivity index (χ3v) is 2.83. The van der Waals surface area contributed by atoms with Gasteiger partial charge in [-0.2, -0.15) is 5.26 Å². The molecule has 0 aliphatic rings. The van der Waals surface area contributed by atoms with Crippen molar-refractivity contribution in [3.8, 4) is 34.4 Å². The molecule has 0 saturated carbocycles. The highest BCUT2D eigenvalue weighted by Crippen LogP contribution is 2.39. The molecule has 4 heteroatoms. The summed E-state index contributed by atoms with van der Waals surface area (Å²) in [6.07, 6.45) is 0. The molecule has 0 spiro atoms. The Morgan fingerprint density at radius 1 is 1.05 bits per heavy atom. The van der Waals surface area contributed by atoms with Gasteiger partial charge in [-0.3, -0.25) is 0 Å². The first kappa shape index (κ1) is 12.8. The number of aromatic hydroxyl groups is 1. The number of phenolic OH excluding ortho intramolecular Hbond substituents is 1. The fraction of sp³-hybridized carbons (Fsp3) is 0.133. The summed E-state index contributed by atoms with van der Waals surface area (Å²) >= 11 is 0. The lowest BCUT2D eigenvalue weighted by atomic mass is 10.0. The van der Waals surface area contributed by atoms with Gasteiger partial charge in [0.05, 0.1) is 25.3 Å².